The Morgan fingerprint density at radius 1 is 1.30 bits per heavy atom. The van der Waals surface area contributed by atoms with Crippen molar-refractivity contribution in [1.29, 1.82) is 0 Å². The Morgan fingerprint density at radius 2 is 2.00 bits per heavy atom. The average molecular weight is 286 g/mol. The molecule has 1 aliphatic heterocycles. The van der Waals surface area contributed by atoms with Crippen LogP contribution in [0.2, 0.25) is 0 Å². The van der Waals surface area contributed by atoms with Gasteiger partial charge in [0.05, 0.1) is 6.61 Å². The number of carbonyl (C=O) groups excluding carboxylic acids is 2. The molecule has 0 aliphatic carbocycles. The molecule has 0 spiro atoms. The van der Waals surface area contributed by atoms with Crippen molar-refractivity contribution in [3.63, 3.8) is 0 Å². The molecule has 1 amide bonds. The van der Waals surface area contributed by atoms with Crippen molar-refractivity contribution in [1.82, 2.24) is 10.6 Å². The summed E-state index contributed by atoms with van der Waals surface area (Å²) >= 11 is 0. The van der Waals surface area contributed by atoms with E-state index in [-0.39, 0.29) is 18.1 Å². The number of hydrogen-bond donors (Lipinski definition) is 2. The lowest BCUT2D eigenvalue weighted by atomic mass is 9.98. The van der Waals surface area contributed by atoms with E-state index < -0.39 is 11.7 Å². The maximum Gasteiger partial charge on any atom is 0.407 e. The summed E-state index contributed by atoms with van der Waals surface area (Å²) in [5, 5.41) is 5.94. The largest absolute Gasteiger partial charge is 0.465 e. The standard InChI is InChI=1S/C14H26N2O4/c1-5-19-12(17)11-8-6-7-10(16-11)9-15-13(18)20-14(2,3)4/h10-11,16H,5-9H2,1-4H3,(H,15,18)/t10-,11+/m0/s1. The SMILES string of the molecule is CCOC(=O)[C@H]1CCC[C@@H](CNC(=O)OC(C)(C)C)N1. The normalized spacial score (nSPS) is 23.0. The molecule has 0 saturated carbocycles. The van der Waals surface area contributed by atoms with Gasteiger partial charge in [-0.25, -0.2) is 4.79 Å². The Balaban J connectivity index is 2.33. The zero-order chi connectivity index (χ0) is 15.2. The summed E-state index contributed by atoms with van der Waals surface area (Å²) in [6, 6.07) is -0.195. The second-order valence-electron chi connectivity index (χ2n) is 5.98. The highest BCUT2D eigenvalue weighted by molar-refractivity contribution is 5.76. The van der Waals surface area contributed by atoms with Gasteiger partial charge >= 0.3 is 12.1 Å². The van der Waals surface area contributed by atoms with Gasteiger partial charge in [0.15, 0.2) is 0 Å². The van der Waals surface area contributed by atoms with E-state index in [0.717, 1.165) is 19.3 Å². The third-order valence-corrected chi connectivity index (χ3v) is 2.95. The van der Waals surface area contributed by atoms with Gasteiger partial charge in [-0.15, -0.1) is 0 Å². The van der Waals surface area contributed by atoms with Crippen LogP contribution in [0.4, 0.5) is 4.79 Å². The lowest BCUT2D eigenvalue weighted by Crippen LogP contribution is -2.52. The van der Waals surface area contributed by atoms with Crippen molar-refractivity contribution in [3.8, 4) is 0 Å². The van der Waals surface area contributed by atoms with Crippen molar-refractivity contribution in [2.45, 2.75) is 64.6 Å². The summed E-state index contributed by atoms with van der Waals surface area (Å²) < 4.78 is 10.2. The van der Waals surface area contributed by atoms with Gasteiger partial charge in [0.2, 0.25) is 0 Å². The zero-order valence-electron chi connectivity index (χ0n) is 12.8. The van der Waals surface area contributed by atoms with Gasteiger partial charge in [-0.3, -0.25) is 10.1 Å². The van der Waals surface area contributed by atoms with Gasteiger partial charge < -0.3 is 14.8 Å². The molecule has 0 aromatic heterocycles. The number of carbonyl (C=O) groups is 2. The number of nitrogens with one attached hydrogen (secondary N) is 2. The van der Waals surface area contributed by atoms with Gasteiger partial charge in [-0.1, -0.05) is 0 Å². The Kier molecular flexibility index (Phi) is 6.26. The number of piperidine rings is 1. The first kappa shape index (κ1) is 16.8. The molecule has 116 valence electrons. The number of alkyl carbamates (subject to hydrolysis) is 1. The van der Waals surface area contributed by atoms with E-state index >= 15 is 0 Å². The smallest absolute Gasteiger partial charge is 0.407 e. The van der Waals surface area contributed by atoms with Gasteiger partial charge in [0.25, 0.3) is 0 Å². The number of amides is 1. The molecule has 0 bridgehead atoms. The molecule has 1 aliphatic rings. The fraction of sp³-hybridized carbons (Fsp3) is 0.857. The van der Waals surface area contributed by atoms with Crippen molar-refractivity contribution in [2.24, 2.45) is 0 Å². The first-order valence-corrected chi connectivity index (χ1v) is 7.21. The maximum atomic E-state index is 11.7. The van der Waals surface area contributed by atoms with E-state index in [1.54, 1.807) is 6.92 Å². The highest BCUT2D eigenvalue weighted by atomic mass is 16.6. The fourth-order valence-corrected chi connectivity index (χ4v) is 2.13. The van der Waals surface area contributed by atoms with Crippen LogP contribution in [0.3, 0.4) is 0 Å². The number of rotatable bonds is 4. The number of hydrogen-bond acceptors (Lipinski definition) is 5. The molecule has 0 radical (unpaired) electrons. The van der Waals surface area contributed by atoms with Crippen LogP contribution >= 0.6 is 0 Å². The van der Waals surface area contributed by atoms with Gasteiger partial charge in [-0.05, 0) is 47.0 Å². The van der Waals surface area contributed by atoms with Crippen molar-refractivity contribution in [2.75, 3.05) is 13.2 Å². The monoisotopic (exact) mass is 286 g/mol. The Bertz CT molecular complexity index is 339. The fourth-order valence-electron chi connectivity index (χ4n) is 2.13. The van der Waals surface area contributed by atoms with Crippen molar-refractivity contribution >= 4 is 12.1 Å². The van der Waals surface area contributed by atoms with Crippen LogP contribution in [0.25, 0.3) is 0 Å². The molecule has 0 aromatic rings. The third kappa shape index (κ3) is 6.23. The molecule has 6 heteroatoms. The predicted octanol–water partition coefficient (Wildman–Crippen LogP) is 1.58. The van der Waals surface area contributed by atoms with E-state index in [1.165, 1.54) is 0 Å². The summed E-state index contributed by atoms with van der Waals surface area (Å²) in [5.41, 5.74) is -0.502. The molecular weight excluding hydrogens is 260 g/mol. The average Bonchev–Trinajstić information content (AvgIpc) is 2.35. The molecule has 0 unspecified atom stereocenters. The summed E-state index contributed by atoms with van der Waals surface area (Å²) in [6.07, 6.45) is 2.21. The second-order valence-corrected chi connectivity index (χ2v) is 5.98. The summed E-state index contributed by atoms with van der Waals surface area (Å²) in [7, 11) is 0. The lowest BCUT2D eigenvalue weighted by Gasteiger charge is -2.30. The first-order valence-electron chi connectivity index (χ1n) is 7.21. The molecule has 1 rings (SSSR count). The molecule has 6 nitrogen and oxygen atoms in total. The van der Waals surface area contributed by atoms with E-state index in [9.17, 15) is 9.59 Å². The molecular formula is C14H26N2O4. The van der Waals surface area contributed by atoms with Crippen LogP contribution in [0.1, 0.15) is 47.0 Å². The van der Waals surface area contributed by atoms with Crippen LogP contribution < -0.4 is 10.6 Å². The van der Waals surface area contributed by atoms with E-state index in [2.05, 4.69) is 10.6 Å². The number of esters is 1. The second kappa shape index (κ2) is 7.47. The highest BCUT2D eigenvalue weighted by Crippen LogP contribution is 2.14. The molecule has 2 atom stereocenters. The summed E-state index contributed by atoms with van der Waals surface area (Å²) in [4.78, 5) is 23.2. The molecule has 2 N–H and O–H groups in total. The first-order chi connectivity index (χ1) is 9.31. The minimum Gasteiger partial charge on any atom is -0.465 e. The van der Waals surface area contributed by atoms with Crippen molar-refractivity contribution < 1.29 is 19.1 Å². The van der Waals surface area contributed by atoms with Gasteiger partial charge in [0.1, 0.15) is 11.6 Å². The van der Waals surface area contributed by atoms with Crippen LogP contribution in [-0.2, 0) is 14.3 Å². The van der Waals surface area contributed by atoms with Crippen LogP contribution in [0, 0.1) is 0 Å². The molecule has 1 heterocycles. The molecule has 0 aromatic carbocycles. The third-order valence-electron chi connectivity index (χ3n) is 2.95. The number of ether oxygens (including phenoxy) is 2. The molecule has 1 fully saturated rings. The Hall–Kier alpha value is -1.30. The summed E-state index contributed by atoms with van der Waals surface area (Å²) in [6.45, 7) is 8.09. The Labute approximate surface area is 120 Å². The van der Waals surface area contributed by atoms with Gasteiger partial charge in [0, 0.05) is 12.6 Å². The van der Waals surface area contributed by atoms with E-state index in [4.69, 9.17) is 9.47 Å². The van der Waals surface area contributed by atoms with Gasteiger partial charge in [-0.2, -0.15) is 0 Å². The minimum atomic E-state index is -0.502. The van der Waals surface area contributed by atoms with Crippen LogP contribution in [0.5, 0.6) is 0 Å². The maximum absolute atomic E-state index is 11.7. The summed E-state index contributed by atoms with van der Waals surface area (Å²) in [5.74, 6) is -0.213. The van der Waals surface area contributed by atoms with E-state index in [0.29, 0.717) is 13.2 Å². The Morgan fingerprint density at radius 3 is 2.60 bits per heavy atom. The lowest BCUT2D eigenvalue weighted by molar-refractivity contribution is -0.146. The van der Waals surface area contributed by atoms with Crippen molar-refractivity contribution in [3.05, 3.63) is 0 Å². The minimum absolute atomic E-state index is 0.0747. The van der Waals surface area contributed by atoms with Crippen LogP contribution in [0.15, 0.2) is 0 Å². The zero-order valence-corrected chi connectivity index (χ0v) is 12.8. The quantitative estimate of drug-likeness (QED) is 0.767. The highest BCUT2D eigenvalue weighted by Gasteiger charge is 2.27. The van der Waals surface area contributed by atoms with E-state index in [1.807, 2.05) is 20.8 Å². The molecule has 1 saturated heterocycles. The topological polar surface area (TPSA) is 76.7 Å². The molecule has 20 heavy (non-hydrogen) atoms. The predicted molar refractivity (Wildman–Crippen MR) is 75.4 cm³/mol. The van der Waals surface area contributed by atoms with Crippen LogP contribution in [-0.4, -0.2) is 42.9 Å².